The molecule has 86 valence electrons. The van der Waals surface area contributed by atoms with Gasteiger partial charge in [-0.05, 0) is 33.0 Å². The van der Waals surface area contributed by atoms with Crippen LogP contribution >= 0.6 is 35.7 Å². The topological polar surface area (TPSA) is 27.3 Å². The molecule has 2 heterocycles. The van der Waals surface area contributed by atoms with Gasteiger partial charge in [0.25, 0.3) is 0 Å². The van der Waals surface area contributed by atoms with Gasteiger partial charge in [0.15, 0.2) is 5.11 Å². The smallest absolute Gasteiger partial charge is 0.181 e. The van der Waals surface area contributed by atoms with E-state index in [0.717, 1.165) is 5.11 Å². The Bertz CT molecular complexity index is 244. The van der Waals surface area contributed by atoms with E-state index >= 15 is 0 Å². The monoisotopic (exact) mass is 263 g/mol. The summed E-state index contributed by atoms with van der Waals surface area (Å²) < 4.78 is 0. The zero-order valence-electron chi connectivity index (χ0n) is 9.24. The first-order chi connectivity index (χ1) is 6.96. The maximum Gasteiger partial charge on any atom is 0.181 e. The summed E-state index contributed by atoms with van der Waals surface area (Å²) in [5.41, 5.74) is 3.34. The maximum atomic E-state index is 5.29. The van der Waals surface area contributed by atoms with Crippen LogP contribution in [0.4, 0.5) is 0 Å². The number of nitrogens with one attached hydrogen (secondary N) is 2. The van der Waals surface area contributed by atoms with E-state index in [2.05, 4.69) is 36.5 Å². The zero-order chi connectivity index (χ0) is 11.1. The second-order valence-corrected chi connectivity index (χ2v) is 7.63. The highest BCUT2D eigenvalue weighted by atomic mass is 32.2. The van der Waals surface area contributed by atoms with Crippen LogP contribution in [-0.2, 0) is 0 Å². The molecular weight excluding hydrogens is 246 g/mol. The summed E-state index contributed by atoms with van der Waals surface area (Å²) in [5, 5.41) is 7.50. The summed E-state index contributed by atoms with van der Waals surface area (Å²) in [4.78, 5) is 0. The Labute approximate surface area is 105 Å². The standard InChI is InChI=1S/C9H17N3S3/c1-9(2,3)10-8(13)11-12-6-4-14-7(12)5-15-6/h6-7H,4-5H2,1-3H3,(H2,10,11,13)/t6-,7-/m0/s1. The maximum absolute atomic E-state index is 5.29. The Kier molecular flexibility index (Phi) is 3.40. The molecule has 6 heteroatoms. The van der Waals surface area contributed by atoms with Gasteiger partial charge < -0.3 is 5.32 Å². The van der Waals surface area contributed by atoms with Crippen molar-refractivity contribution in [3.8, 4) is 0 Å². The predicted molar refractivity (Wildman–Crippen MR) is 73.0 cm³/mol. The molecule has 15 heavy (non-hydrogen) atoms. The Hall–Kier alpha value is 0.350. The summed E-state index contributed by atoms with van der Waals surface area (Å²) in [6.45, 7) is 6.34. The fourth-order valence-electron chi connectivity index (χ4n) is 1.62. The predicted octanol–water partition coefficient (Wildman–Crippen LogP) is 1.61. The number of hydrogen-bond donors (Lipinski definition) is 2. The van der Waals surface area contributed by atoms with E-state index in [1.807, 2.05) is 23.5 Å². The van der Waals surface area contributed by atoms with Crippen molar-refractivity contribution in [2.45, 2.75) is 37.1 Å². The molecule has 2 aliphatic heterocycles. The van der Waals surface area contributed by atoms with Gasteiger partial charge >= 0.3 is 0 Å². The van der Waals surface area contributed by atoms with Gasteiger partial charge in [0.05, 0.1) is 10.7 Å². The molecule has 2 bridgehead atoms. The highest BCUT2D eigenvalue weighted by Crippen LogP contribution is 2.42. The van der Waals surface area contributed by atoms with Crippen molar-refractivity contribution < 1.29 is 0 Å². The van der Waals surface area contributed by atoms with Crippen molar-refractivity contribution in [1.29, 1.82) is 0 Å². The highest BCUT2D eigenvalue weighted by Gasteiger charge is 2.41. The first-order valence-electron chi connectivity index (χ1n) is 5.06. The molecule has 2 N–H and O–H groups in total. The molecule has 2 saturated heterocycles. The average Bonchev–Trinajstić information content (AvgIpc) is 2.61. The first kappa shape index (κ1) is 11.8. The van der Waals surface area contributed by atoms with Crippen molar-refractivity contribution in [2.24, 2.45) is 0 Å². The van der Waals surface area contributed by atoms with E-state index in [4.69, 9.17) is 12.2 Å². The van der Waals surface area contributed by atoms with Crippen LogP contribution < -0.4 is 10.7 Å². The lowest BCUT2D eigenvalue weighted by Gasteiger charge is -2.27. The number of hydrogen-bond acceptors (Lipinski definition) is 4. The van der Waals surface area contributed by atoms with Crippen LogP contribution in [0.2, 0.25) is 0 Å². The molecule has 0 saturated carbocycles. The minimum absolute atomic E-state index is 0.0309. The highest BCUT2D eigenvalue weighted by molar-refractivity contribution is 8.07. The molecule has 0 aromatic heterocycles. The number of nitrogens with zero attached hydrogens (tertiary/aromatic N) is 1. The quantitative estimate of drug-likeness (QED) is 0.698. The van der Waals surface area contributed by atoms with Crippen molar-refractivity contribution in [3.63, 3.8) is 0 Å². The van der Waals surface area contributed by atoms with Crippen molar-refractivity contribution in [2.75, 3.05) is 11.5 Å². The molecule has 0 spiro atoms. The van der Waals surface area contributed by atoms with Gasteiger partial charge in [0.1, 0.15) is 0 Å². The number of rotatable bonds is 1. The Morgan fingerprint density at radius 3 is 2.20 bits per heavy atom. The molecule has 2 rings (SSSR count). The number of thiocarbonyl (C=S) groups is 1. The molecular formula is C9H17N3S3. The van der Waals surface area contributed by atoms with Gasteiger partial charge in [0, 0.05) is 17.0 Å². The molecule has 0 aromatic rings. The normalized spacial score (nSPS) is 30.6. The van der Waals surface area contributed by atoms with Crippen molar-refractivity contribution in [3.05, 3.63) is 0 Å². The van der Waals surface area contributed by atoms with Gasteiger partial charge in [0.2, 0.25) is 0 Å². The van der Waals surface area contributed by atoms with Crippen LogP contribution in [0.25, 0.3) is 0 Å². The molecule has 0 amide bonds. The van der Waals surface area contributed by atoms with Crippen LogP contribution in [0.1, 0.15) is 20.8 Å². The fourth-order valence-corrected chi connectivity index (χ4v) is 5.16. The lowest BCUT2D eigenvalue weighted by Crippen LogP contribution is -2.53. The minimum Gasteiger partial charge on any atom is -0.357 e. The van der Waals surface area contributed by atoms with Gasteiger partial charge in [-0.15, -0.1) is 23.5 Å². The number of fused-ring (bicyclic) bond motifs is 2. The second-order valence-electron chi connectivity index (χ2n) is 4.80. The molecule has 0 unspecified atom stereocenters. The van der Waals surface area contributed by atoms with E-state index in [-0.39, 0.29) is 5.54 Å². The van der Waals surface area contributed by atoms with E-state index in [9.17, 15) is 0 Å². The van der Waals surface area contributed by atoms with E-state index in [1.165, 1.54) is 11.5 Å². The summed E-state index contributed by atoms with van der Waals surface area (Å²) in [5.74, 6) is 2.42. The molecule has 3 nitrogen and oxygen atoms in total. The third-order valence-electron chi connectivity index (χ3n) is 2.20. The molecule has 2 atom stereocenters. The van der Waals surface area contributed by atoms with Crippen LogP contribution in [0, 0.1) is 0 Å². The summed E-state index contributed by atoms with van der Waals surface area (Å²) in [7, 11) is 0. The zero-order valence-corrected chi connectivity index (χ0v) is 11.7. The van der Waals surface area contributed by atoms with Crippen LogP contribution in [0.5, 0.6) is 0 Å². The Balaban J connectivity index is 1.85. The van der Waals surface area contributed by atoms with E-state index in [1.54, 1.807) is 0 Å². The van der Waals surface area contributed by atoms with E-state index in [0.29, 0.717) is 10.7 Å². The Morgan fingerprint density at radius 2 is 1.80 bits per heavy atom. The van der Waals surface area contributed by atoms with Crippen LogP contribution in [0.3, 0.4) is 0 Å². The van der Waals surface area contributed by atoms with Crippen molar-refractivity contribution in [1.82, 2.24) is 15.8 Å². The lowest BCUT2D eigenvalue weighted by molar-refractivity contribution is 0.251. The van der Waals surface area contributed by atoms with Gasteiger partial charge in [-0.3, -0.25) is 5.43 Å². The molecule has 2 fully saturated rings. The van der Waals surface area contributed by atoms with E-state index < -0.39 is 0 Å². The average molecular weight is 263 g/mol. The first-order valence-corrected chi connectivity index (χ1v) is 7.57. The third kappa shape index (κ3) is 2.93. The summed E-state index contributed by atoms with van der Waals surface area (Å²) in [6.07, 6.45) is 0. The van der Waals surface area contributed by atoms with Crippen LogP contribution in [-0.4, -0.2) is 37.9 Å². The summed E-state index contributed by atoms with van der Waals surface area (Å²) >= 11 is 9.32. The summed E-state index contributed by atoms with van der Waals surface area (Å²) in [6, 6.07) is 0. The van der Waals surface area contributed by atoms with Gasteiger partial charge in [-0.25, -0.2) is 0 Å². The molecule has 0 aliphatic carbocycles. The fraction of sp³-hybridized carbons (Fsp3) is 0.889. The SMILES string of the molecule is CC(C)(C)NC(=S)NN1[C@@H]2CS[C@H]1CS2. The Morgan fingerprint density at radius 1 is 1.27 bits per heavy atom. The largest absolute Gasteiger partial charge is 0.357 e. The number of thioether (sulfide) groups is 2. The van der Waals surface area contributed by atoms with Gasteiger partial charge in [-0.2, -0.15) is 5.01 Å². The molecule has 0 radical (unpaired) electrons. The minimum atomic E-state index is 0.0309. The van der Waals surface area contributed by atoms with Crippen molar-refractivity contribution >= 4 is 40.9 Å². The second kappa shape index (κ2) is 4.31. The molecule has 0 aromatic carbocycles. The molecule has 2 aliphatic rings. The lowest BCUT2D eigenvalue weighted by atomic mass is 10.1. The van der Waals surface area contributed by atoms with Gasteiger partial charge in [-0.1, -0.05) is 0 Å². The third-order valence-corrected chi connectivity index (χ3v) is 5.39. The number of hydrazine groups is 1. The van der Waals surface area contributed by atoms with Crippen LogP contribution in [0.15, 0.2) is 0 Å².